The van der Waals surface area contributed by atoms with Crippen molar-refractivity contribution in [3.05, 3.63) is 52.3 Å². The summed E-state index contributed by atoms with van der Waals surface area (Å²) in [6.45, 7) is 2.47. The Labute approximate surface area is 103 Å². The summed E-state index contributed by atoms with van der Waals surface area (Å²) in [5.74, 6) is -0.921. The third kappa shape index (κ3) is 2.47. The van der Waals surface area contributed by atoms with E-state index in [1.54, 1.807) is 35.1 Å². The summed E-state index contributed by atoms with van der Waals surface area (Å²) in [6.07, 6.45) is 1.60. The second-order valence-corrected chi connectivity index (χ2v) is 4.14. The van der Waals surface area contributed by atoms with Gasteiger partial charge in [-0.2, -0.15) is 5.10 Å². The van der Waals surface area contributed by atoms with Gasteiger partial charge in [-0.05, 0) is 24.6 Å². The van der Waals surface area contributed by atoms with Crippen molar-refractivity contribution < 1.29 is 9.90 Å². The predicted octanol–water partition coefficient (Wildman–Crippen LogP) is 2.59. The molecule has 1 heterocycles. The number of aromatic nitrogens is 2. The minimum absolute atomic E-state index is 0.281. The third-order valence-corrected chi connectivity index (χ3v) is 2.95. The van der Waals surface area contributed by atoms with Crippen molar-refractivity contribution in [1.29, 1.82) is 0 Å². The number of hydrogen-bond donors (Lipinski definition) is 1. The smallest absolute Gasteiger partial charge is 0.335 e. The number of hydrogen-bond acceptors (Lipinski definition) is 2. The van der Waals surface area contributed by atoms with Crippen LogP contribution >= 0.6 is 11.6 Å². The molecule has 1 aromatic carbocycles. The van der Waals surface area contributed by atoms with E-state index in [4.69, 9.17) is 16.7 Å². The molecular weight excluding hydrogens is 240 g/mol. The normalized spacial score (nSPS) is 10.5. The van der Waals surface area contributed by atoms with Gasteiger partial charge in [-0.1, -0.05) is 23.7 Å². The Balaban J connectivity index is 2.19. The van der Waals surface area contributed by atoms with Crippen molar-refractivity contribution in [1.82, 2.24) is 9.78 Å². The van der Waals surface area contributed by atoms with Gasteiger partial charge in [-0.25, -0.2) is 4.79 Å². The predicted molar refractivity (Wildman–Crippen MR) is 64.5 cm³/mol. The Kier molecular flexibility index (Phi) is 3.15. The molecule has 0 fully saturated rings. The number of rotatable bonds is 3. The van der Waals surface area contributed by atoms with Crippen LogP contribution in [0.3, 0.4) is 0 Å². The van der Waals surface area contributed by atoms with E-state index in [2.05, 4.69) is 5.10 Å². The summed E-state index contributed by atoms with van der Waals surface area (Å²) < 4.78 is 1.78. The highest BCUT2D eigenvalue weighted by molar-refractivity contribution is 6.31. The van der Waals surface area contributed by atoms with Crippen LogP contribution in [0, 0.1) is 6.92 Å². The van der Waals surface area contributed by atoms with Crippen LogP contribution in [0.2, 0.25) is 5.02 Å². The highest BCUT2D eigenvalue weighted by atomic mass is 35.5. The van der Waals surface area contributed by atoms with E-state index in [1.807, 2.05) is 6.92 Å². The number of nitrogens with zero attached hydrogens (tertiary/aromatic N) is 2. The molecule has 0 aliphatic heterocycles. The quantitative estimate of drug-likeness (QED) is 0.911. The summed E-state index contributed by atoms with van der Waals surface area (Å²) in [6, 6.07) is 6.72. The van der Waals surface area contributed by atoms with E-state index in [1.165, 1.54) is 0 Å². The number of carboxylic acid groups (broad SMARTS) is 1. The summed E-state index contributed by atoms with van der Waals surface area (Å²) in [5.41, 5.74) is 2.16. The van der Waals surface area contributed by atoms with Crippen LogP contribution in [0.5, 0.6) is 0 Å². The van der Waals surface area contributed by atoms with Gasteiger partial charge in [0.05, 0.1) is 29.0 Å². The zero-order valence-corrected chi connectivity index (χ0v) is 9.98. The van der Waals surface area contributed by atoms with E-state index in [0.29, 0.717) is 11.6 Å². The molecule has 2 aromatic rings. The molecule has 0 bridgehead atoms. The fourth-order valence-corrected chi connectivity index (χ4v) is 1.65. The van der Waals surface area contributed by atoms with Crippen molar-refractivity contribution in [3.8, 4) is 0 Å². The van der Waals surface area contributed by atoms with Crippen LogP contribution in [0.15, 0.2) is 30.5 Å². The standard InChI is InChI=1S/C12H11ClN2O2/c1-8-11(13)6-14-15(8)7-9-2-4-10(5-3-9)12(16)17/h2-6H,7H2,1H3,(H,16,17). The maximum absolute atomic E-state index is 10.7. The first-order chi connectivity index (χ1) is 8.08. The van der Waals surface area contributed by atoms with E-state index in [9.17, 15) is 4.79 Å². The fourth-order valence-electron chi connectivity index (χ4n) is 1.51. The first kappa shape index (κ1) is 11.7. The molecule has 0 unspecified atom stereocenters. The van der Waals surface area contributed by atoms with Gasteiger partial charge in [0.25, 0.3) is 0 Å². The maximum Gasteiger partial charge on any atom is 0.335 e. The minimum Gasteiger partial charge on any atom is -0.478 e. The highest BCUT2D eigenvalue weighted by Crippen LogP contribution is 2.15. The van der Waals surface area contributed by atoms with Gasteiger partial charge in [0.15, 0.2) is 0 Å². The topological polar surface area (TPSA) is 55.1 Å². The molecule has 4 nitrogen and oxygen atoms in total. The Morgan fingerprint density at radius 1 is 1.41 bits per heavy atom. The zero-order valence-electron chi connectivity index (χ0n) is 9.22. The van der Waals surface area contributed by atoms with Crippen molar-refractivity contribution in [3.63, 3.8) is 0 Å². The van der Waals surface area contributed by atoms with Crippen LogP contribution in [-0.4, -0.2) is 20.9 Å². The summed E-state index contributed by atoms with van der Waals surface area (Å²) in [4.78, 5) is 10.7. The van der Waals surface area contributed by atoms with Crippen molar-refractivity contribution >= 4 is 17.6 Å². The number of aromatic carboxylic acids is 1. The first-order valence-corrected chi connectivity index (χ1v) is 5.46. The van der Waals surface area contributed by atoms with Crippen molar-refractivity contribution in [2.24, 2.45) is 0 Å². The second-order valence-electron chi connectivity index (χ2n) is 3.74. The lowest BCUT2D eigenvalue weighted by Crippen LogP contribution is -2.04. The SMILES string of the molecule is Cc1c(Cl)cnn1Cc1ccc(C(=O)O)cc1. The molecule has 0 saturated heterocycles. The minimum atomic E-state index is -0.921. The molecule has 0 aliphatic rings. The molecule has 5 heteroatoms. The molecule has 0 aliphatic carbocycles. The summed E-state index contributed by atoms with van der Waals surface area (Å²) >= 11 is 5.90. The fraction of sp³-hybridized carbons (Fsp3) is 0.167. The van der Waals surface area contributed by atoms with E-state index >= 15 is 0 Å². The lowest BCUT2D eigenvalue weighted by molar-refractivity contribution is 0.0697. The second kappa shape index (κ2) is 4.59. The van der Waals surface area contributed by atoms with Crippen LogP contribution < -0.4 is 0 Å². The Morgan fingerprint density at radius 2 is 2.06 bits per heavy atom. The van der Waals surface area contributed by atoms with Gasteiger partial charge >= 0.3 is 5.97 Å². The van der Waals surface area contributed by atoms with Gasteiger partial charge in [0.2, 0.25) is 0 Å². The average molecular weight is 251 g/mol. The largest absolute Gasteiger partial charge is 0.478 e. The van der Waals surface area contributed by atoms with Gasteiger partial charge in [0.1, 0.15) is 0 Å². The summed E-state index contributed by atoms with van der Waals surface area (Å²) in [7, 11) is 0. The molecule has 2 rings (SSSR count). The van der Waals surface area contributed by atoms with Gasteiger partial charge in [-0.15, -0.1) is 0 Å². The number of carbonyl (C=O) groups is 1. The zero-order chi connectivity index (χ0) is 12.4. The first-order valence-electron chi connectivity index (χ1n) is 5.08. The molecule has 17 heavy (non-hydrogen) atoms. The number of benzene rings is 1. The van der Waals surface area contributed by atoms with E-state index < -0.39 is 5.97 Å². The number of carboxylic acids is 1. The van der Waals surface area contributed by atoms with Crippen molar-refractivity contribution in [2.45, 2.75) is 13.5 Å². The van der Waals surface area contributed by atoms with Gasteiger partial charge < -0.3 is 5.11 Å². The molecule has 0 spiro atoms. The van der Waals surface area contributed by atoms with Gasteiger partial charge in [0, 0.05) is 0 Å². The Morgan fingerprint density at radius 3 is 2.53 bits per heavy atom. The third-order valence-electron chi connectivity index (χ3n) is 2.58. The average Bonchev–Trinajstić information content (AvgIpc) is 2.62. The van der Waals surface area contributed by atoms with Crippen LogP contribution in [0.25, 0.3) is 0 Å². The molecule has 0 saturated carbocycles. The molecule has 0 radical (unpaired) electrons. The Bertz CT molecular complexity index is 546. The van der Waals surface area contributed by atoms with Crippen LogP contribution in [0.1, 0.15) is 21.6 Å². The lowest BCUT2D eigenvalue weighted by atomic mass is 10.1. The highest BCUT2D eigenvalue weighted by Gasteiger charge is 2.05. The number of halogens is 1. The van der Waals surface area contributed by atoms with Gasteiger partial charge in [-0.3, -0.25) is 4.68 Å². The monoisotopic (exact) mass is 250 g/mol. The molecule has 0 amide bonds. The van der Waals surface area contributed by atoms with E-state index in [-0.39, 0.29) is 5.56 Å². The molecule has 1 N–H and O–H groups in total. The molecule has 88 valence electrons. The summed E-state index contributed by atoms with van der Waals surface area (Å²) in [5, 5.41) is 13.5. The molecule has 0 atom stereocenters. The Hall–Kier alpha value is -1.81. The maximum atomic E-state index is 10.7. The molecular formula is C12H11ClN2O2. The van der Waals surface area contributed by atoms with Crippen LogP contribution in [-0.2, 0) is 6.54 Å². The van der Waals surface area contributed by atoms with E-state index in [0.717, 1.165) is 11.3 Å². The van der Waals surface area contributed by atoms with Crippen molar-refractivity contribution in [2.75, 3.05) is 0 Å². The lowest BCUT2D eigenvalue weighted by Gasteiger charge is -2.05. The molecule has 1 aromatic heterocycles. The van der Waals surface area contributed by atoms with Crippen LogP contribution in [0.4, 0.5) is 0 Å².